The van der Waals surface area contributed by atoms with Crippen LogP contribution in [0.2, 0.25) is 0 Å². The molecule has 1 aliphatic rings. The van der Waals surface area contributed by atoms with Crippen molar-refractivity contribution in [3.8, 4) is 0 Å². The van der Waals surface area contributed by atoms with Crippen LogP contribution in [0, 0.1) is 17.3 Å². The summed E-state index contributed by atoms with van der Waals surface area (Å²) in [7, 11) is 0. The van der Waals surface area contributed by atoms with Crippen molar-refractivity contribution in [3.63, 3.8) is 0 Å². The molecule has 0 N–H and O–H groups in total. The minimum atomic E-state index is -0.697. The molecule has 0 spiro atoms. The van der Waals surface area contributed by atoms with Crippen molar-refractivity contribution in [1.29, 1.82) is 0 Å². The van der Waals surface area contributed by atoms with Gasteiger partial charge in [0.1, 0.15) is 5.92 Å². The summed E-state index contributed by atoms with van der Waals surface area (Å²) in [6.45, 7) is 11.5. The van der Waals surface area contributed by atoms with E-state index >= 15 is 0 Å². The number of nitrogens with zero attached hydrogens (tertiary/aromatic N) is 1. The third-order valence-electron chi connectivity index (χ3n) is 3.60. The molecule has 0 aromatic carbocycles. The van der Waals surface area contributed by atoms with E-state index in [1.807, 2.05) is 25.7 Å². The monoisotopic (exact) mass is 269 g/mol. The molecule has 0 aromatic heterocycles. The largest absolute Gasteiger partial charge is 0.465 e. The van der Waals surface area contributed by atoms with Crippen molar-refractivity contribution in [1.82, 2.24) is 4.90 Å². The zero-order valence-corrected chi connectivity index (χ0v) is 12.9. The third kappa shape index (κ3) is 4.22. The van der Waals surface area contributed by atoms with E-state index in [1.165, 1.54) is 0 Å². The molecule has 0 radical (unpaired) electrons. The maximum atomic E-state index is 12.6. The van der Waals surface area contributed by atoms with Crippen molar-refractivity contribution in [3.05, 3.63) is 0 Å². The number of esters is 1. The van der Waals surface area contributed by atoms with E-state index in [1.54, 1.807) is 6.92 Å². The lowest BCUT2D eigenvalue weighted by Gasteiger charge is -2.36. The van der Waals surface area contributed by atoms with Crippen LogP contribution in [-0.4, -0.2) is 36.5 Å². The van der Waals surface area contributed by atoms with Crippen molar-refractivity contribution in [2.45, 2.75) is 47.5 Å². The number of amides is 1. The molecular formula is C15H27NO3. The highest BCUT2D eigenvalue weighted by Gasteiger charge is 2.41. The van der Waals surface area contributed by atoms with E-state index in [9.17, 15) is 9.59 Å². The predicted octanol–water partition coefficient (Wildman–Crippen LogP) is 2.47. The number of hydrogen-bond acceptors (Lipinski definition) is 3. The van der Waals surface area contributed by atoms with Gasteiger partial charge in [0.25, 0.3) is 0 Å². The van der Waals surface area contributed by atoms with Crippen LogP contribution in [0.5, 0.6) is 0 Å². The molecule has 0 aliphatic carbocycles. The molecule has 2 atom stereocenters. The van der Waals surface area contributed by atoms with Gasteiger partial charge in [-0.25, -0.2) is 0 Å². The van der Waals surface area contributed by atoms with Gasteiger partial charge in [0.05, 0.1) is 6.61 Å². The van der Waals surface area contributed by atoms with Gasteiger partial charge in [-0.3, -0.25) is 9.59 Å². The molecule has 0 aromatic rings. The van der Waals surface area contributed by atoms with Gasteiger partial charge < -0.3 is 9.64 Å². The number of rotatable bonds is 3. The first-order valence-corrected chi connectivity index (χ1v) is 7.22. The summed E-state index contributed by atoms with van der Waals surface area (Å²) in [5.74, 6) is -0.644. The zero-order chi connectivity index (χ0) is 14.6. The van der Waals surface area contributed by atoms with Gasteiger partial charge in [-0.2, -0.15) is 0 Å². The molecular weight excluding hydrogens is 242 g/mol. The van der Waals surface area contributed by atoms with Crippen molar-refractivity contribution in [2.24, 2.45) is 17.3 Å². The number of hydrogen-bond donors (Lipinski definition) is 0. The maximum absolute atomic E-state index is 12.6. The summed E-state index contributed by atoms with van der Waals surface area (Å²) in [6.07, 6.45) is 2.18. The van der Waals surface area contributed by atoms with Gasteiger partial charge >= 0.3 is 5.97 Å². The fourth-order valence-corrected chi connectivity index (χ4v) is 2.62. The SMILES string of the molecule is CCOC(=O)C(C(=O)N1CCCC(C)C1)C(C)(C)C. The fraction of sp³-hybridized carbons (Fsp3) is 0.867. The minimum Gasteiger partial charge on any atom is -0.465 e. The van der Waals surface area contributed by atoms with Crippen molar-refractivity contribution >= 4 is 11.9 Å². The second-order valence-corrected chi connectivity index (χ2v) is 6.58. The van der Waals surface area contributed by atoms with Crippen LogP contribution < -0.4 is 0 Å². The standard InChI is InChI=1S/C15H27NO3/c1-6-19-14(18)12(15(3,4)5)13(17)16-9-7-8-11(2)10-16/h11-12H,6-10H2,1-5H3. The van der Waals surface area contributed by atoms with Crippen LogP contribution in [0.25, 0.3) is 0 Å². The van der Waals surface area contributed by atoms with Crippen molar-refractivity contribution in [2.75, 3.05) is 19.7 Å². The van der Waals surface area contributed by atoms with E-state index in [0.717, 1.165) is 25.9 Å². The Morgan fingerprint density at radius 3 is 2.47 bits per heavy atom. The molecule has 1 rings (SSSR count). The third-order valence-corrected chi connectivity index (χ3v) is 3.60. The second-order valence-electron chi connectivity index (χ2n) is 6.58. The Morgan fingerprint density at radius 2 is 2.00 bits per heavy atom. The Morgan fingerprint density at radius 1 is 1.37 bits per heavy atom. The topological polar surface area (TPSA) is 46.6 Å². The smallest absolute Gasteiger partial charge is 0.319 e. The summed E-state index contributed by atoms with van der Waals surface area (Å²) < 4.78 is 5.08. The van der Waals surface area contributed by atoms with Gasteiger partial charge in [0.15, 0.2) is 0 Å². The van der Waals surface area contributed by atoms with Crippen LogP contribution in [-0.2, 0) is 14.3 Å². The first kappa shape index (κ1) is 16.0. The number of carbonyl (C=O) groups is 2. The first-order valence-electron chi connectivity index (χ1n) is 7.22. The van der Waals surface area contributed by atoms with E-state index in [-0.39, 0.29) is 5.91 Å². The molecule has 1 fully saturated rings. The summed E-state index contributed by atoms with van der Waals surface area (Å²) >= 11 is 0. The Bertz CT molecular complexity index is 333. The summed E-state index contributed by atoms with van der Waals surface area (Å²) in [5, 5.41) is 0. The highest BCUT2D eigenvalue weighted by Crippen LogP contribution is 2.30. The normalized spacial score (nSPS) is 21.9. The predicted molar refractivity (Wildman–Crippen MR) is 74.6 cm³/mol. The van der Waals surface area contributed by atoms with E-state index in [0.29, 0.717) is 12.5 Å². The number of likely N-dealkylation sites (tertiary alicyclic amines) is 1. The van der Waals surface area contributed by atoms with Gasteiger partial charge in [-0.1, -0.05) is 27.7 Å². The number of ether oxygens (including phenoxy) is 1. The Hall–Kier alpha value is -1.06. The molecule has 19 heavy (non-hydrogen) atoms. The summed E-state index contributed by atoms with van der Waals surface area (Å²) in [5.41, 5.74) is -0.413. The molecule has 1 aliphatic heterocycles. The fourth-order valence-electron chi connectivity index (χ4n) is 2.62. The molecule has 1 heterocycles. The van der Waals surface area contributed by atoms with Crippen LogP contribution >= 0.6 is 0 Å². The molecule has 110 valence electrons. The second kappa shape index (κ2) is 6.40. The van der Waals surface area contributed by atoms with E-state index in [2.05, 4.69) is 6.92 Å². The van der Waals surface area contributed by atoms with E-state index in [4.69, 9.17) is 4.74 Å². The number of piperidine rings is 1. The highest BCUT2D eigenvalue weighted by atomic mass is 16.5. The van der Waals surface area contributed by atoms with Gasteiger partial charge in [-0.15, -0.1) is 0 Å². The average Bonchev–Trinajstić information content (AvgIpc) is 2.27. The minimum absolute atomic E-state index is 0.0718. The van der Waals surface area contributed by atoms with Gasteiger partial charge in [0, 0.05) is 13.1 Å². The lowest BCUT2D eigenvalue weighted by molar-refractivity contribution is -0.161. The molecule has 2 unspecified atom stereocenters. The van der Waals surface area contributed by atoms with Gasteiger partial charge in [-0.05, 0) is 31.1 Å². The Labute approximate surface area is 116 Å². The highest BCUT2D eigenvalue weighted by molar-refractivity contribution is 5.98. The zero-order valence-electron chi connectivity index (χ0n) is 12.9. The lowest BCUT2D eigenvalue weighted by Crippen LogP contribution is -2.48. The number of carbonyl (C=O) groups excluding carboxylic acids is 2. The maximum Gasteiger partial charge on any atom is 0.319 e. The van der Waals surface area contributed by atoms with E-state index < -0.39 is 17.3 Å². The summed E-state index contributed by atoms with van der Waals surface area (Å²) in [4.78, 5) is 26.6. The first-order chi connectivity index (χ1) is 8.77. The molecule has 0 saturated carbocycles. The Balaban J connectivity index is 2.85. The van der Waals surface area contributed by atoms with Crippen LogP contribution in [0.3, 0.4) is 0 Å². The average molecular weight is 269 g/mol. The van der Waals surface area contributed by atoms with Crippen LogP contribution in [0.4, 0.5) is 0 Å². The quantitative estimate of drug-likeness (QED) is 0.584. The summed E-state index contributed by atoms with van der Waals surface area (Å²) in [6, 6.07) is 0. The molecule has 4 heteroatoms. The van der Waals surface area contributed by atoms with Gasteiger partial charge in [0.2, 0.25) is 5.91 Å². The van der Waals surface area contributed by atoms with Crippen LogP contribution in [0.15, 0.2) is 0 Å². The Kier molecular flexibility index (Phi) is 5.39. The molecule has 4 nitrogen and oxygen atoms in total. The molecule has 1 amide bonds. The molecule has 1 saturated heterocycles. The molecule has 0 bridgehead atoms. The lowest BCUT2D eigenvalue weighted by atomic mass is 9.79. The van der Waals surface area contributed by atoms with Crippen molar-refractivity contribution < 1.29 is 14.3 Å². The van der Waals surface area contributed by atoms with Crippen LogP contribution in [0.1, 0.15) is 47.5 Å².